The summed E-state index contributed by atoms with van der Waals surface area (Å²) >= 11 is 0. The summed E-state index contributed by atoms with van der Waals surface area (Å²) in [7, 11) is 1.81. The molecule has 0 bridgehead atoms. The molecule has 1 rings (SSSR count). The van der Waals surface area contributed by atoms with Crippen LogP contribution in [0.3, 0.4) is 0 Å². The molecule has 4 heteroatoms. The van der Waals surface area contributed by atoms with Gasteiger partial charge in [0.1, 0.15) is 0 Å². The molecule has 0 spiro atoms. The summed E-state index contributed by atoms with van der Waals surface area (Å²) in [6.45, 7) is 5.58. The van der Waals surface area contributed by atoms with E-state index in [4.69, 9.17) is 0 Å². The van der Waals surface area contributed by atoms with Gasteiger partial charge in [-0.1, -0.05) is 6.92 Å². The molecular formula is C9H17N3O. The van der Waals surface area contributed by atoms with E-state index in [0.29, 0.717) is 0 Å². The highest BCUT2D eigenvalue weighted by Crippen LogP contribution is 2.07. The molecule has 1 saturated heterocycles. The SMILES string of the molecule is CC/C(C)=N/N1CCCN(C)C1=O. The van der Waals surface area contributed by atoms with Gasteiger partial charge in [-0.15, -0.1) is 0 Å². The summed E-state index contributed by atoms with van der Waals surface area (Å²) in [5.74, 6) is 0. The maximum atomic E-state index is 11.5. The molecule has 0 aromatic heterocycles. The number of hydrogen-bond acceptors (Lipinski definition) is 2. The molecule has 1 heterocycles. The van der Waals surface area contributed by atoms with Crippen LogP contribution in [0.25, 0.3) is 0 Å². The van der Waals surface area contributed by atoms with E-state index in [2.05, 4.69) is 5.10 Å². The van der Waals surface area contributed by atoms with Crippen LogP contribution in [0.1, 0.15) is 26.7 Å². The highest BCUT2D eigenvalue weighted by Gasteiger charge is 2.21. The predicted molar refractivity (Wildman–Crippen MR) is 52.7 cm³/mol. The third-order valence-electron chi connectivity index (χ3n) is 2.21. The average molecular weight is 183 g/mol. The maximum absolute atomic E-state index is 11.5. The van der Waals surface area contributed by atoms with Crippen molar-refractivity contribution in [3.63, 3.8) is 0 Å². The van der Waals surface area contributed by atoms with Crippen LogP contribution in [-0.2, 0) is 0 Å². The predicted octanol–water partition coefficient (Wildman–Crippen LogP) is 1.53. The number of urea groups is 1. The van der Waals surface area contributed by atoms with Gasteiger partial charge in [0.25, 0.3) is 0 Å². The molecule has 2 amide bonds. The quantitative estimate of drug-likeness (QED) is 0.598. The first kappa shape index (κ1) is 10.0. The molecule has 0 aliphatic carbocycles. The van der Waals surface area contributed by atoms with Crippen molar-refractivity contribution in [1.29, 1.82) is 0 Å². The third kappa shape index (κ3) is 2.44. The van der Waals surface area contributed by atoms with Crippen LogP contribution in [0.5, 0.6) is 0 Å². The zero-order valence-electron chi connectivity index (χ0n) is 8.58. The molecule has 0 N–H and O–H groups in total. The Morgan fingerprint density at radius 2 is 2.23 bits per heavy atom. The van der Waals surface area contributed by atoms with E-state index in [0.717, 1.165) is 31.6 Å². The van der Waals surface area contributed by atoms with Crippen molar-refractivity contribution in [2.45, 2.75) is 26.7 Å². The Kier molecular flexibility index (Phi) is 3.28. The minimum atomic E-state index is 0.0130. The molecule has 0 saturated carbocycles. The minimum Gasteiger partial charge on any atom is -0.326 e. The van der Waals surface area contributed by atoms with E-state index >= 15 is 0 Å². The van der Waals surface area contributed by atoms with Crippen molar-refractivity contribution in [2.24, 2.45) is 5.10 Å². The summed E-state index contributed by atoms with van der Waals surface area (Å²) in [6.07, 6.45) is 1.90. The second-order valence-corrected chi connectivity index (χ2v) is 3.37. The molecular weight excluding hydrogens is 166 g/mol. The summed E-state index contributed by atoms with van der Waals surface area (Å²) in [5.41, 5.74) is 1.00. The molecule has 0 atom stereocenters. The van der Waals surface area contributed by atoms with Crippen molar-refractivity contribution in [2.75, 3.05) is 20.1 Å². The lowest BCUT2D eigenvalue weighted by molar-refractivity contribution is 0.143. The van der Waals surface area contributed by atoms with Gasteiger partial charge >= 0.3 is 6.03 Å². The smallest absolute Gasteiger partial charge is 0.326 e. The molecule has 4 nitrogen and oxygen atoms in total. The Labute approximate surface area is 79.2 Å². The summed E-state index contributed by atoms with van der Waals surface area (Å²) < 4.78 is 0. The Morgan fingerprint density at radius 3 is 2.85 bits per heavy atom. The lowest BCUT2D eigenvalue weighted by atomic mass is 10.3. The largest absolute Gasteiger partial charge is 0.340 e. The third-order valence-corrected chi connectivity index (χ3v) is 2.21. The zero-order chi connectivity index (χ0) is 9.84. The molecule has 13 heavy (non-hydrogen) atoms. The van der Waals surface area contributed by atoms with Crippen LogP contribution in [0, 0.1) is 0 Å². The molecule has 0 aromatic carbocycles. The van der Waals surface area contributed by atoms with Gasteiger partial charge in [-0.3, -0.25) is 0 Å². The van der Waals surface area contributed by atoms with Crippen LogP contribution in [0.15, 0.2) is 5.10 Å². The zero-order valence-corrected chi connectivity index (χ0v) is 8.58. The van der Waals surface area contributed by atoms with Crippen molar-refractivity contribution < 1.29 is 4.79 Å². The van der Waals surface area contributed by atoms with Gasteiger partial charge in [0.2, 0.25) is 0 Å². The van der Waals surface area contributed by atoms with Gasteiger partial charge < -0.3 is 4.90 Å². The number of amides is 2. The number of carbonyl (C=O) groups is 1. The molecule has 1 aliphatic heterocycles. The Morgan fingerprint density at radius 1 is 1.54 bits per heavy atom. The van der Waals surface area contributed by atoms with E-state index in [1.807, 2.05) is 20.9 Å². The Hall–Kier alpha value is -1.06. The summed E-state index contributed by atoms with van der Waals surface area (Å²) in [5, 5.41) is 5.80. The first-order valence-electron chi connectivity index (χ1n) is 4.72. The first-order chi connectivity index (χ1) is 6.15. The van der Waals surface area contributed by atoms with Crippen molar-refractivity contribution >= 4 is 11.7 Å². The standard InChI is InChI=1S/C9H17N3O/c1-4-8(2)10-12-7-5-6-11(3)9(12)13/h4-7H2,1-3H3/b10-8+. The van der Waals surface area contributed by atoms with Gasteiger partial charge in [-0.2, -0.15) is 5.10 Å². The van der Waals surface area contributed by atoms with Crippen LogP contribution >= 0.6 is 0 Å². The highest BCUT2D eigenvalue weighted by atomic mass is 16.2. The average Bonchev–Trinajstić information content (AvgIpc) is 2.13. The van der Waals surface area contributed by atoms with Crippen molar-refractivity contribution in [3.05, 3.63) is 0 Å². The molecule has 0 aromatic rings. The molecule has 0 unspecified atom stereocenters. The molecule has 1 aliphatic rings. The summed E-state index contributed by atoms with van der Waals surface area (Å²) in [6, 6.07) is 0.0130. The van der Waals surface area contributed by atoms with E-state index in [1.54, 1.807) is 9.91 Å². The minimum absolute atomic E-state index is 0.0130. The number of hydrazone groups is 1. The van der Waals surface area contributed by atoms with Crippen LogP contribution in [0.2, 0.25) is 0 Å². The fourth-order valence-electron chi connectivity index (χ4n) is 1.22. The van der Waals surface area contributed by atoms with Gasteiger partial charge in [-0.05, 0) is 19.8 Å². The van der Waals surface area contributed by atoms with Gasteiger partial charge in [-0.25, -0.2) is 9.80 Å². The monoisotopic (exact) mass is 183 g/mol. The van der Waals surface area contributed by atoms with Crippen molar-refractivity contribution in [1.82, 2.24) is 9.91 Å². The lowest BCUT2D eigenvalue weighted by Crippen LogP contribution is -2.44. The second-order valence-electron chi connectivity index (χ2n) is 3.37. The summed E-state index contributed by atoms with van der Waals surface area (Å²) in [4.78, 5) is 13.2. The van der Waals surface area contributed by atoms with Crippen LogP contribution < -0.4 is 0 Å². The van der Waals surface area contributed by atoms with E-state index < -0.39 is 0 Å². The molecule has 1 fully saturated rings. The first-order valence-corrected chi connectivity index (χ1v) is 4.72. The molecule has 74 valence electrons. The highest BCUT2D eigenvalue weighted by molar-refractivity contribution is 5.83. The Balaban J connectivity index is 2.63. The topological polar surface area (TPSA) is 35.9 Å². The fourth-order valence-corrected chi connectivity index (χ4v) is 1.22. The van der Waals surface area contributed by atoms with Gasteiger partial charge in [0.15, 0.2) is 0 Å². The second kappa shape index (κ2) is 4.25. The fraction of sp³-hybridized carbons (Fsp3) is 0.778. The number of rotatable bonds is 2. The van der Waals surface area contributed by atoms with E-state index in [1.165, 1.54) is 0 Å². The maximum Gasteiger partial charge on any atom is 0.340 e. The normalized spacial score (nSPS) is 19.6. The van der Waals surface area contributed by atoms with Gasteiger partial charge in [0.05, 0.1) is 0 Å². The Bertz CT molecular complexity index is 225. The van der Waals surface area contributed by atoms with E-state index in [9.17, 15) is 4.79 Å². The van der Waals surface area contributed by atoms with Crippen LogP contribution in [-0.4, -0.2) is 41.8 Å². The number of nitrogens with zero attached hydrogens (tertiary/aromatic N) is 3. The van der Waals surface area contributed by atoms with E-state index in [-0.39, 0.29) is 6.03 Å². The number of carbonyl (C=O) groups excluding carboxylic acids is 1. The van der Waals surface area contributed by atoms with Gasteiger partial charge in [0, 0.05) is 25.8 Å². The molecule has 0 radical (unpaired) electrons. The van der Waals surface area contributed by atoms with Crippen LogP contribution in [0.4, 0.5) is 4.79 Å². The number of hydrogen-bond donors (Lipinski definition) is 0. The van der Waals surface area contributed by atoms with Crippen molar-refractivity contribution in [3.8, 4) is 0 Å². The lowest BCUT2D eigenvalue weighted by Gasteiger charge is -2.30.